The van der Waals surface area contributed by atoms with Gasteiger partial charge in [0, 0.05) is 25.6 Å². The fourth-order valence-electron chi connectivity index (χ4n) is 4.63. The van der Waals surface area contributed by atoms with Crippen molar-refractivity contribution in [3.8, 4) is 5.75 Å². The highest BCUT2D eigenvalue weighted by atomic mass is 19.1. The average molecular weight is 494 g/mol. The summed E-state index contributed by atoms with van der Waals surface area (Å²) < 4.78 is 26.0. The van der Waals surface area contributed by atoms with E-state index in [0.717, 1.165) is 16.9 Å². The second-order valence-electron chi connectivity index (χ2n) is 9.05. The summed E-state index contributed by atoms with van der Waals surface area (Å²) in [5, 5.41) is 11.3. The Morgan fingerprint density at radius 3 is 2.53 bits per heavy atom. The SMILES string of the molecule is COc1ccc([C@H]2Cn3nnc(C(=O)N4CCC(C(=O)NCc5ccc(F)cc5)CC4)c3CO2)cc1. The van der Waals surface area contributed by atoms with Gasteiger partial charge < -0.3 is 19.7 Å². The van der Waals surface area contributed by atoms with Gasteiger partial charge in [-0.1, -0.05) is 29.5 Å². The Kier molecular flexibility index (Phi) is 6.95. The molecule has 1 N–H and O–H groups in total. The first kappa shape index (κ1) is 23.9. The number of methoxy groups -OCH3 is 1. The molecular weight excluding hydrogens is 465 g/mol. The van der Waals surface area contributed by atoms with E-state index in [0.29, 0.717) is 50.4 Å². The van der Waals surface area contributed by atoms with Gasteiger partial charge in [-0.25, -0.2) is 9.07 Å². The molecule has 1 saturated heterocycles. The maximum Gasteiger partial charge on any atom is 0.276 e. The number of carbonyl (C=O) groups excluding carboxylic acids is 2. The van der Waals surface area contributed by atoms with Gasteiger partial charge in [0.05, 0.1) is 26.0 Å². The average Bonchev–Trinajstić information content (AvgIpc) is 3.35. The van der Waals surface area contributed by atoms with Crippen LogP contribution in [-0.4, -0.2) is 51.9 Å². The number of carbonyl (C=O) groups is 2. The molecule has 3 heterocycles. The molecule has 2 aliphatic heterocycles. The molecule has 2 aliphatic rings. The zero-order chi connectivity index (χ0) is 25.1. The first-order valence-corrected chi connectivity index (χ1v) is 12.0. The summed E-state index contributed by atoms with van der Waals surface area (Å²) in [5.41, 5.74) is 2.82. The minimum Gasteiger partial charge on any atom is -0.497 e. The number of benzene rings is 2. The number of rotatable bonds is 6. The van der Waals surface area contributed by atoms with Gasteiger partial charge in [0.2, 0.25) is 5.91 Å². The van der Waals surface area contributed by atoms with Crippen molar-refractivity contribution in [2.75, 3.05) is 20.2 Å². The van der Waals surface area contributed by atoms with Gasteiger partial charge in [0.15, 0.2) is 5.69 Å². The van der Waals surface area contributed by atoms with Crippen LogP contribution in [-0.2, 0) is 29.2 Å². The van der Waals surface area contributed by atoms with Gasteiger partial charge in [-0.3, -0.25) is 9.59 Å². The summed E-state index contributed by atoms with van der Waals surface area (Å²) >= 11 is 0. The van der Waals surface area contributed by atoms with E-state index in [1.54, 1.807) is 28.8 Å². The third-order valence-corrected chi connectivity index (χ3v) is 6.82. The lowest BCUT2D eigenvalue weighted by Crippen LogP contribution is -2.43. The van der Waals surface area contributed by atoms with Crippen LogP contribution in [0.4, 0.5) is 4.39 Å². The first-order chi connectivity index (χ1) is 17.5. The molecule has 0 radical (unpaired) electrons. The lowest BCUT2D eigenvalue weighted by atomic mass is 9.95. The lowest BCUT2D eigenvalue weighted by molar-refractivity contribution is -0.126. The van der Waals surface area contributed by atoms with Gasteiger partial charge in [0.25, 0.3) is 5.91 Å². The van der Waals surface area contributed by atoms with Crippen molar-refractivity contribution < 1.29 is 23.5 Å². The summed E-state index contributed by atoms with van der Waals surface area (Å²) in [6.07, 6.45) is 0.957. The highest BCUT2D eigenvalue weighted by molar-refractivity contribution is 5.93. The molecule has 0 aliphatic carbocycles. The number of likely N-dealkylation sites (tertiary alicyclic amines) is 1. The highest BCUT2D eigenvalue weighted by Gasteiger charge is 2.33. The lowest BCUT2D eigenvalue weighted by Gasteiger charge is -2.31. The number of halogens is 1. The van der Waals surface area contributed by atoms with Crippen LogP contribution in [0.15, 0.2) is 48.5 Å². The molecule has 0 spiro atoms. The predicted molar refractivity (Wildman–Crippen MR) is 127 cm³/mol. The van der Waals surface area contributed by atoms with Crippen molar-refractivity contribution in [2.24, 2.45) is 5.92 Å². The zero-order valence-corrected chi connectivity index (χ0v) is 20.0. The molecule has 36 heavy (non-hydrogen) atoms. The van der Waals surface area contributed by atoms with Crippen LogP contribution in [0.5, 0.6) is 5.75 Å². The van der Waals surface area contributed by atoms with Crippen LogP contribution in [0.2, 0.25) is 0 Å². The second-order valence-corrected chi connectivity index (χ2v) is 9.05. The Bertz CT molecular complexity index is 1220. The normalized spacial score (nSPS) is 17.9. The van der Waals surface area contributed by atoms with Gasteiger partial charge in [-0.05, 0) is 48.2 Å². The zero-order valence-electron chi connectivity index (χ0n) is 20.0. The van der Waals surface area contributed by atoms with E-state index in [4.69, 9.17) is 9.47 Å². The molecule has 3 aromatic rings. The van der Waals surface area contributed by atoms with Crippen LogP contribution in [0.1, 0.15) is 46.3 Å². The molecule has 1 aromatic heterocycles. The third-order valence-electron chi connectivity index (χ3n) is 6.82. The standard InChI is InChI=1S/C26H28FN5O4/c1-35-21-8-4-18(5-9-21)23-15-32-22(16-36-23)24(29-30-32)26(34)31-12-10-19(11-13-31)25(33)28-14-17-2-6-20(27)7-3-17/h2-9,19,23H,10-16H2,1H3,(H,28,33)/t23-/m1/s1. The van der Waals surface area contributed by atoms with E-state index in [1.807, 2.05) is 24.3 Å². The predicted octanol–water partition coefficient (Wildman–Crippen LogP) is 2.87. The monoisotopic (exact) mass is 493 g/mol. The van der Waals surface area contributed by atoms with Gasteiger partial charge in [0.1, 0.15) is 17.7 Å². The number of aromatic nitrogens is 3. The molecule has 2 aromatic carbocycles. The summed E-state index contributed by atoms with van der Waals surface area (Å²) in [7, 11) is 1.62. The second kappa shape index (κ2) is 10.4. The molecule has 188 valence electrons. The van der Waals surface area contributed by atoms with E-state index >= 15 is 0 Å². The van der Waals surface area contributed by atoms with Crippen LogP contribution in [0, 0.1) is 11.7 Å². The smallest absolute Gasteiger partial charge is 0.276 e. The maximum atomic E-state index is 13.2. The van der Waals surface area contributed by atoms with E-state index in [1.165, 1.54) is 12.1 Å². The fourth-order valence-corrected chi connectivity index (χ4v) is 4.63. The molecule has 0 saturated carbocycles. The van der Waals surface area contributed by atoms with Crippen molar-refractivity contribution >= 4 is 11.8 Å². The number of ether oxygens (including phenoxy) is 2. The molecule has 5 rings (SSSR count). The molecule has 10 heteroatoms. The van der Waals surface area contributed by atoms with Crippen LogP contribution >= 0.6 is 0 Å². The quantitative estimate of drug-likeness (QED) is 0.567. The summed E-state index contributed by atoms with van der Waals surface area (Å²) in [4.78, 5) is 27.5. The minimum atomic E-state index is -0.306. The Hall–Kier alpha value is -3.79. The van der Waals surface area contributed by atoms with Crippen molar-refractivity contribution in [3.63, 3.8) is 0 Å². The van der Waals surface area contributed by atoms with E-state index in [2.05, 4.69) is 15.6 Å². The van der Waals surface area contributed by atoms with E-state index in [-0.39, 0.29) is 36.3 Å². The number of amides is 2. The molecule has 2 amide bonds. The largest absolute Gasteiger partial charge is 0.497 e. The number of hydrogen-bond acceptors (Lipinski definition) is 6. The van der Waals surface area contributed by atoms with Crippen molar-refractivity contribution in [2.45, 2.75) is 38.6 Å². The van der Waals surface area contributed by atoms with E-state index < -0.39 is 0 Å². The number of fused-ring (bicyclic) bond motifs is 1. The first-order valence-electron chi connectivity index (χ1n) is 12.0. The van der Waals surface area contributed by atoms with Crippen molar-refractivity contribution in [1.82, 2.24) is 25.2 Å². The fraction of sp³-hybridized carbons (Fsp3) is 0.385. The van der Waals surface area contributed by atoms with Crippen LogP contribution in [0.25, 0.3) is 0 Å². The Balaban J connectivity index is 1.15. The number of hydrogen-bond donors (Lipinski definition) is 1. The Labute approximate surface area is 208 Å². The van der Waals surface area contributed by atoms with Gasteiger partial charge in [-0.15, -0.1) is 5.10 Å². The molecule has 0 unspecified atom stereocenters. The molecule has 0 bridgehead atoms. The minimum absolute atomic E-state index is 0.0505. The number of piperidine rings is 1. The van der Waals surface area contributed by atoms with Crippen molar-refractivity contribution in [1.29, 1.82) is 0 Å². The highest BCUT2D eigenvalue weighted by Crippen LogP contribution is 2.29. The summed E-state index contributed by atoms with van der Waals surface area (Å²) in [6, 6.07) is 13.7. The molecular formula is C26H28FN5O4. The van der Waals surface area contributed by atoms with Crippen LogP contribution in [0.3, 0.4) is 0 Å². The molecule has 9 nitrogen and oxygen atoms in total. The Morgan fingerprint density at radius 2 is 1.83 bits per heavy atom. The van der Waals surface area contributed by atoms with Gasteiger partial charge >= 0.3 is 0 Å². The topological polar surface area (TPSA) is 98.6 Å². The summed E-state index contributed by atoms with van der Waals surface area (Å²) in [6.45, 7) is 2.00. The van der Waals surface area contributed by atoms with E-state index in [9.17, 15) is 14.0 Å². The molecule has 1 atom stereocenters. The Morgan fingerprint density at radius 1 is 1.11 bits per heavy atom. The van der Waals surface area contributed by atoms with Crippen LogP contribution < -0.4 is 10.1 Å². The van der Waals surface area contributed by atoms with Crippen molar-refractivity contribution in [3.05, 3.63) is 76.9 Å². The maximum absolute atomic E-state index is 13.2. The third kappa shape index (κ3) is 5.08. The number of nitrogens with zero attached hydrogens (tertiary/aromatic N) is 4. The summed E-state index contributed by atoms with van der Waals surface area (Å²) in [5.74, 6) is 0.0633. The number of nitrogens with one attached hydrogen (secondary N) is 1. The molecule has 1 fully saturated rings. The van der Waals surface area contributed by atoms with Gasteiger partial charge in [-0.2, -0.15) is 0 Å².